The van der Waals surface area contributed by atoms with Crippen molar-refractivity contribution < 1.29 is 9.90 Å². The Hall–Kier alpha value is -2.22. The Morgan fingerprint density at radius 1 is 1.15 bits per heavy atom. The molecule has 0 fully saturated rings. The van der Waals surface area contributed by atoms with Gasteiger partial charge in [0.05, 0.1) is 33.6 Å². The summed E-state index contributed by atoms with van der Waals surface area (Å²) in [7, 11) is 0. The first-order valence-electron chi connectivity index (χ1n) is 5.51. The van der Waals surface area contributed by atoms with E-state index in [4.69, 9.17) is 33.6 Å². The van der Waals surface area contributed by atoms with Crippen molar-refractivity contribution in [1.82, 2.24) is 0 Å². The highest BCUT2D eigenvalue weighted by Gasteiger charge is 2.12. The molecule has 0 aliphatic carbocycles. The van der Waals surface area contributed by atoms with Crippen LogP contribution in [0.4, 0.5) is 11.4 Å². The van der Waals surface area contributed by atoms with Gasteiger partial charge in [0.1, 0.15) is 0 Å². The van der Waals surface area contributed by atoms with Crippen LogP contribution in [0.15, 0.2) is 36.4 Å². The van der Waals surface area contributed by atoms with Crippen molar-refractivity contribution in [2.24, 2.45) is 0 Å². The normalized spacial score (nSPS) is 9.85. The molecule has 6 heteroatoms. The van der Waals surface area contributed by atoms with Gasteiger partial charge in [-0.05, 0) is 36.4 Å². The number of aromatic carboxylic acids is 1. The van der Waals surface area contributed by atoms with Crippen LogP contribution in [-0.2, 0) is 0 Å². The Morgan fingerprint density at radius 2 is 1.85 bits per heavy atom. The van der Waals surface area contributed by atoms with E-state index in [0.29, 0.717) is 27.0 Å². The van der Waals surface area contributed by atoms with E-state index in [0.717, 1.165) is 0 Å². The van der Waals surface area contributed by atoms with Gasteiger partial charge in [0, 0.05) is 5.02 Å². The molecule has 0 radical (unpaired) electrons. The molecule has 4 nitrogen and oxygen atoms in total. The monoisotopic (exact) mass is 306 g/mol. The van der Waals surface area contributed by atoms with E-state index >= 15 is 0 Å². The predicted octanol–water partition coefficient (Wildman–Crippen LogP) is 4.31. The first kappa shape index (κ1) is 14.2. The number of hydrogen-bond acceptors (Lipinski definition) is 3. The van der Waals surface area contributed by atoms with E-state index in [9.17, 15) is 4.79 Å². The molecule has 2 aromatic carbocycles. The van der Waals surface area contributed by atoms with Crippen molar-refractivity contribution in [3.63, 3.8) is 0 Å². The second kappa shape index (κ2) is 5.83. The molecular weight excluding hydrogens is 299 g/mol. The maximum Gasteiger partial charge on any atom is 0.337 e. The summed E-state index contributed by atoms with van der Waals surface area (Å²) in [6.07, 6.45) is 0. The molecule has 0 spiro atoms. The van der Waals surface area contributed by atoms with Gasteiger partial charge in [-0.15, -0.1) is 0 Å². The third-order valence-electron chi connectivity index (χ3n) is 2.58. The Labute approximate surface area is 125 Å². The van der Waals surface area contributed by atoms with Gasteiger partial charge in [0.2, 0.25) is 0 Å². The van der Waals surface area contributed by atoms with Crippen molar-refractivity contribution in [3.05, 3.63) is 57.6 Å². The molecule has 2 aromatic rings. The predicted molar refractivity (Wildman–Crippen MR) is 77.9 cm³/mol. The van der Waals surface area contributed by atoms with Crippen molar-refractivity contribution >= 4 is 40.5 Å². The number of anilines is 2. The first-order chi connectivity index (χ1) is 9.51. The van der Waals surface area contributed by atoms with Gasteiger partial charge in [-0.25, -0.2) is 4.79 Å². The van der Waals surface area contributed by atoms with E-state index < -0.39 is 5.97 Å². The molecule has 100 valence electrons. The zero-order valence-corrected chi connectivity index (χ0v) is 11.5. The zero-order chi connectivity index (χ0) is 14.7. The number of nitrogens with one attached hydrogen (secondary N) is 1. The van der Waals surface area contributed by atoms with Crippen LogP contribution < -0.4 is 5.32 Å². The minimum absolute atomic E-state index is 0.0397. The second-order valence-corrected chi connectivity index (χ2v) is 4.77. The lowest BCUT2D eigenvalue weighted by molar-refractivity contribution is 0.0698. The Balaban J connectivity index is 2.40. The fourth-order valence-corrected chi connectivity index (χ4v) is 2.03. The number of nitrogens with zero attached hydrogens (tertiary/aromatic N) is 1. The largest absolute Gasteiger partial charge is 0.478 e. The molecule has 0 heterocycles. The quantitative estimate of drug-likeness (QED) is 0.886. The van der Waals surface area contributed by atoms with Crippen molar-refractivity contribution in [1.29, 1.82) is 5.26 Å². The molecule has 2 N–H and O–H groups in total. The maximum absolute atomic E-state index is 11.2. The number of carboxylic acid groups (broad SMARTS) is 1. The number of carbonyl (C=O) groups is 1. The average Bonchev–Trinajstić information content (AvgIpc) is 2.42. The lowest BCUT2D eigenvalue weighted by Crippen LogP contribution is -2.03. The number of rotatable bonds is 3. The molecule has 0 amide bonds. The van der Waals surface area contributed by atoms with Crippen LogP contribution >= 0.6 is 23.2 Å². The van der Waals surface area contributed by atoms with E-state index in [-0.39, 0.29) is 5.56 Å². The molecule has 0 atom stereocenters. The van der Waals surface area contributed by atoms with Crippen LogP contribution in [0.3, 0.4) is 0 Å². The summed E-state index contributed by atoms with van der Waals surface area (Å²) >= 11 is 11.8. The minimum Gasteiger partial charge on any atom is -0.478 e. The van der Waals surface area contributed by atoms with Gasteiger partial charge in [0.25, 0.3) is 0 Å². The highest BCUT2D eigenvalue weighted by atomic mass is 35.5. The Bertz CT molecular complexity index is 724. The summed E-state index contributed by atoms with van der Waals surface area (Å²) in [4.78, 5) is 11.2. The minimum atomic E-state index is -1.10. The van der Waals surface area contributed by atoms with E-state index in [1.54, 1.807) is 24.3 Å². The van der Waals surface area contributed by atoms with Gasteiger partial charge in [-0.2, -0.15) is 5.26 Å². The summed E-state index contributed by atoms with van der Waals surface area (Å²) in [5.41, 5.74) is 1.34. The molecule has 0 saturated heterocycles. The summed E-state index contributed by atoms with van der Waals surface area (Å²) in [6.45, 7) is 0. The number of nitriles is 1. The molecule has 0 saturated carbocycles. The van der Waals surface area contributed by atoms with Crippen LogP contribution in [-0.4, -0.2) is 11.1 Å². The van der Waals surface area contributed by atoms with Crippen molar-refractivity contribution in [2.75, 3.05) is 5.32 Å². The summed E-state index contributed by atoms with van der Waals surface area (Å²) in [5.74, 6) is -1.10. The highest BCUT2D eigenvalue weighted by molar-refractivity contribution is 6.33. The number of halogens is 2. The van der Waals surface area contributed by atoms with Crippen molar-refractivity contribution in [3.8, 4) is 6.07 Å². The van der Waals surface area contributed by atoms with Crippen LogP contribution in [0.5, 0.6) is 0 Å². The number of hydrogen-bond donors (Lipinski definition) is 2. The van der Waals surface area contributed by atoms with Crippen LogP contribution in [0.1, 0.15) is 15.9 Å². The van der Waals surface area contributed by atoms with Gasteiger partial charge >= 0.3 is 5.97 Å². The van der Waals surface area contributed by atoms with E-state index in [2.05, 4.69) is 5.32 Å². The fraction of sp³-hybridized carbons (Fsp3) is 0. The molecule has 0 bridgehead atoms. The number of benzene rings is 2. The SMILES string of the molecule is N#Cc1ccc(Nc2ccc(Cl)cc2C(=O)O)c(Cl)c1. The first-order valence-corrected chi connectivity index (χ1v) is 6.26. The Morgan fingerprint density at radius 3 is 2.45 bits per heavy atom. The molecule has 0 aromatic heterocycles. The lowest BCUT2D eigenvalue weighted by Gasteiger charge is -2.11. The van der Waals surface area contributed by atoms with Crippen LogP contribution in [0, 0.1) is 11.3 Å². The molecule has 0 aliphatic heterocycles. The summed E-state index contributed by atoms with van der Waals surface area (Å²) in [6, 6.07) is 11.2. The second-order valence-electron chi connectivity index (χ2n) is 3.93. The number of carboxylic acids is 1. The van der Waals surface area contributed by atoms with Gasteiger partial charge < -0.3 is 10.4 Å². The molecule has 0 unspecified atom stereocenters. The summed E-state index contributed by atoms with van der Waals surface area (Å²) < 4.78 is 0. The van der Waals surface area contributed by atoms with Gasteiger partial charge in [0.15, 0.2) is 0 Å². The average molecular weight is 307 g/mol. The smallest absolute Gasteiger partial charge is 0.337 e. The molecule has 2 rings (SSSR count). The lowest BCUT2D eigenvalue weighted by atomic mass is 10.1. The highest BCUT2D eigenvalue weighted by Crippen LogP contribution is 2.29. The molecule has 20 heavy (non-hydrogen) atoms. The topological polar surface area (TPSA) is 73.1 Å². The maximum atomic E-state index is 11.2. The van der Waals surface area contributed by atoms with Crippen LogP contribution in [0.2, 0.25) is 10.0 Å². The zero-order valence-electron chi connectivity index (χ0n) is 10.0. The third kappa shape index (κ3) is 3.02. The van der Waals surface area contributed by atoms with E-state index in [1.165, 1.54) is 12.1 Å². The standard InChI is InChI=1S/C14H8Cl2N2O2/c15-9-2-4-12(10(6-9)14(19)20)18-13-3-1-8(7-17)5-11(13)16/h1-6,18H,(H,19,20). The molecular formula is C14H8Cl2N2O2. The van der Waals surface area contributed by atoms with Crippen LogP contribution in [0.25, 0.3) is 0 Å². The Kier molecular flexibility index (Phi) is 4.14. The van der Waals surface area contributed by atoms with Gasteiger partial charge in [-0.3, -0.25) is 0 Å². The third-order valence-corrected chi connectivity index (χ3v) is 3.13. The van der Waals surface area contributed by atoms with Gasteiger partial charge in [-0.1, -0.05) is 23.2 Å². The molecule has 0 aliphatic rings. The summed E-state index contributed by atoms with van der Waals surface area (Å²) in [5, 5.41) is 21.5. The van der Waals surface area contributed by atoms with E-state index in [1.807, 2.05) is 6.07 Å². The van der Waals surface area contributed by atoms with Crippen molar-refractivity contribution in [2.45, 2.75) is 0 Å². The fourth-order valence-electron chi connectivity index (χ4n) is 1.63.